The predicted octanol–water partition coefficient (Wildman–Crippen LogP) is 1.69. The Balaban J connectivity index is 2.54. The molecule has 1 heterocycles. The average molecular weight is 266 g/mol. The van der Waals surface area contributed by atoms with Crippen molar-refractivity contribution in [3.8, 4) is 11.8 Å². The maximum atomic E-state index is 11.6. The molecule has 0 bridgehead atoms. The molecule has 1 aromatic rings. The second-order valence-electron chi connectivity index (χ2n) is 4.78. The number of rotatable bonds is 2. The fourth-order valence-electron chi connectivity index (χ4n) is 1.27. The summed E-state index contributed by atoms with van der Waals surface area (Å²) in [4.78, 5) is 12.6. The fourth-order valence-corrected chi connectivity index (χ4v) is 2.04. The second-order valence-corrected chi connectivity index (χ2v) is 5.78. The Labute approximate surface area is 111 Å². The molecule has 0 saturated carbocycles. The van der Waals surface area contributed by atoms with Gasteiger partial charge in [-0.15, -0.1) is 11.3 Å². The molecule has 0 aliphatic carbocycles. The van der Waals surface area contributed by atoms with Crippen LogP contribution < -0.4 is 10.6 Å². The first-order valence-electron chi connectivity index (χ1n) is 5.64. The highest BCUT2D eigenvalue weighted by Gasteiger charge is 2.13. The van der Waals surface area contributed by atoms with Crippen LogP contribution in [-0.4, -0.2) is 23.3 Å². The number of carbonyl (C=O) groups is 1. The van der Waals surface area contributed by atoms with Crippen LogP contribution in [0.2, 0.25) is 0 Å². The maximum Gasteiger partial charge on any atom is 0.315 e. The molecule has 98 valence electrons. The van der Waals surface area contributed by atoms with Crippen LogP contribution in [0.15, 0.2) is 11.4 Å². The zero-order valence-corrected chi connectivity index (χ0v) is 11.6. The van der Waals surface area contributed by atoms with E-state index in [1.807, 2.05) is 32.2 Å². The molecule has 0 aliphatic rings. The van der Waals surface area contributed by atoms with Crippen LogP contribution in [0.5, 0.6) is 0 Å². The normalized spacial score (nSPS) is 10.4. The van der Waals surface area contributed by atoms with Crippen LogP contribution in [-0.2, 0) is 6.54 Å². The molecule has 2 amide bonds. The average Bonchev–Trinajstić information content (AvgIpc) is 2.68. The van der Waals surface area contributed by atoms with E-state index in [0.29, 0.717) is 6.54 Å². The van der Waals surface area contributed by atoms with Gasteiger partial charge in [-0.05, 0) is 32.2 Å². The van der Waals surface area contributed by atoms with Crippen molar-refractivity contribution in [3.05, 3.63) is 21.9 Å². The zero-order valence-electron chi connectivity index (χ0n) is 10.8. The third-order valence-corrected chi connectivity index (χ3v) is 2.87. The van der Waals surface area contributed by atoms with Crippen LogP contribution in [0.25, 0.3) is 0 Å². The smallest absolute Gasteiger partial charge is 0.315 e. The molecular formula is C13H18N2O2S. The van der Waals surface area contributed by atoms with E-state index < -0.39 is 0 Å². The first-order valence-corrected chi connectivity index (χ1v) is 6.52. The summed E-state index contributed by atoms with van der Waals surface area (Å²) in [5.74, 6) is 5.45. The fraction of sp³-hybridized carbons (Fsp3) is 0.462. The number of hydrogen-bond donors (Lipinski definition) is 3. The quantitative estimate of drug-likeness (QED) is 0.713. The molecule has 4 nitrogen and oxygen atoms in total. The van der Waals surface area contributed by atoms with Gasteiger partial charge in [-0.25, -0.2) is 4.79 Å². The van der Waals surface area contributed by atoms with Crippen LogP contribution in [0.4, 0.5) is 4.79 Å². The third-order valence-electron chi connectivity index (χ3n) is 1.95. The lowest BCUT2D eigenvalue weighted by Crippen LogP contribution is -2.46. The highest BCUT2D eigenvalue weighted by Crippen LogP contribution is 2.15. The molecule has 5 heteroatoms. The van der Waals surface area contributed by atoms with Crippen molar-refractivity contribution in [1.29, 1.82) is 0 Å². The molecule has 1 aromatic heterocycles. The summed E-state index contributed by atoms with van der Waals surface area (Å²) in [7, 11) is 0. The van der Waals surface area contributed by atoms with Crippen molar-refractivity contribution >= 4 is 17.4 Å². The molecule has 3 N–H and O–H groups in total. The Morgan fingerprint density at radius 2 is 2.22 bits per heavy atom. The minimum atomic E-state index is -0.251. The van der Waals surface area contributed by atoms with Crippen LogP contribution in [0, 0.1) is 11.8 Å². The van der Waals surface area contributed by atoms with Gasteiger partial charge in [-0.3, -0.25) is 0 Å². The number of aliphatic hydroxyl groups excluding tert-OH is 1. The number of carbonyl (C=O) groups excluding carboxylic acids is 1. The highest BCUT2D eigenvalue weighted by molar-refractivity contribution is 7.10. The molecule has 1 rings (SSSR count). The SMILES string of the molecule is CC(C)(C)NC(=O)NCc1sccc1C#CCO. The van der Waals surface area contributed by atoms with E-state index in [1.165, 1.54) is 11.3 Å². The first kappa shape index (κ1) is 14.6. The lowest BCUT2D eigenvalue weighted by atomic mass is 10.1. The summed E-state index contributed by atoms with van der Waals surface area (Å²) < 4.78 is 0. The van der Waals surface area contributed by atoms with Crippen LogP contribution in [0.3, 0.4) is 0 Å². The molecule has 0 aliphatic heterocycles. The minimum Gasteiger partial charge on any atom is -0.384 e. The topological polar surface area (TPSA) is 61.4 Å². The van der Waals surface area contributed by atoms with Crippen molar-refractivity contribution in [2.24, 2.45) is 0 Å². The van der Waals surface area contributed by atoms with Gasteiger partial charge in [0.1, 0.15) is 6.61 Å². The molecule has 0 atom stereocenters. The number of hydrogen-bond acceptors (Lipinski definition) is 3. The van der Waals surface area contributed by atoms with Crippen molar-refractivity contribution in [3.63, 3.8) is 0 Å². The maximum absolute atomic E-state index is 11.6. The van der Waals surface area contributed by atoms with E-state index in [9.17, 15) is 4.79 Å². The third kappa shape index (κ3) is 5.21. The molecule has 0 aromatic carbocycles. The van der Waals surface area contributed by atoms with Gasteiger partial charge >= 0.3 is 6.03 Å². The van der Waals surface area contributed by atoms with E-state index in [4.69, 9.17) is 5.11 Å². The van der Waals surface area contributed by atoms with Crippen molar-refractivity contribution in [2.45, 2.75) is 32.9 Å². The number of thiophene rings is 1. The lowest BCUT2D eigenvalue weighted by molar-refractivity contribution is 0.231. The molecule has 0 saturated heterocycles. The van der Waals surface area contributed by atoms with E-state index >= 15 is 0 Å². The van der Waals surface area contributed by atoms with Gasteiger partial charge in [-0.1, -0.05) is 11.8 Å². The molecular weight excluding hydrogens is 248 g/mol. The van der Waals surface area contributed by atoms with Crippen molar-refractivity contribution < 1.29 is 9.90 Å². The number of aliphatic hydroxyl groups is 1. The Hall–Kier alpha value is -1.51. The number of nitrogens with one attached hydrogen (secondary N) is 2. The second kappa shape index (κ2) is 6.43. The standard InChI is InChI=1S/C13H18N2O2S/c1-13(2,3)15-12(17)14-9-11-10(5-4-7-16)6-8-18-11/h6,8,16H,7,9H2,1-3H3,(H2,14,15,17). The van der Waals surface area contributed by atoms with E-state index in [-0.39, 0.29) is 18.2 Å². The van der Waals surface area contributed by atoms with Gasteiger partial charge in [0.2, 0.25) is 0 Å². The predicted molar refractivity (Wildman–Crippen MR) is 73.4 cm³/mol. The van der Waals surface area contributed by atoms with Gasteiger partial charge in [-0.2, -0.15) is 0 Å². The molecule has 0 radical (unpaired) electrons. The summed E-state index contributed by atoms with van der Waals surface area (Å²) in [6.45, 7) is 6.06. The van der Waals surface area contributed by atoms with E-state index in [1.54, 1.807) is 0 Å². The summed E-state index contributed by atoms with van der Waals surface area (Å²) >= 11 is 1.53. The minimum absolute atomic E-state index is 0.159. The molecule has 0 spiro atoms. The van der Waals surface area contributed by atoms with Gasteiger partial charge in [0.25, 0.3) is 0 Å². The van der Waals surface area contributed by atoms with Gasteiger partial charge in [0.05, 0.1) is 6.54 Å². The van der Waals surface area contributed by atoms with Crippen LogP contribution in [0.1, 0.15) is 31.2 Å². The van der Waals surface area contributed by atoms with Gasteiger partial charge in [0, 0.05) is 16.0 Å². The molecule has 0 fully saturated rings. The lowest BCUT2D eigenvalue weighted by Gasteiger charge is -2.20. The molecule has 0 unspecified atom stereocenters. The Morgan fingerprint density at radius 3 is 2.83 bits per heavy atom. The highest BCUT2D eigenvalue weighted by atomic mass is 32.1. The summed E-state index contributed by atoms with van der Waals surface area (Å²) in [5, 5.41) is 16.2. The summed E-state index contributed by atoms with van der Waals surface area (Å²) in [5.41, 5.74) is 0.601. The Morgan fingerprint density at radius 1 is 1.50 bits per heavy atom. The van der Waals surface area contributed by atoms with Crippen molar-refractivity contribution in [1.82, 2.24) is 10.6 Å². The Bertz CT molecular complexity index is 463. The number of urea groups is 1. The largest absolute Gasteiger partial charge is 0.384 e. The number of amides is 2. The summed E-state index contributed by atoms with van der Waals surface area (Å²) in [6, 6.07) is 1.68. The van der Waals surface area contributed by atoms with E-state index in [0.717, 1.165) is 10.4 Å². The first-order chi connectivity index (χ1) is 8.42. The van der Waals surface area contributed by atoms with Crippen molar-refractivity contribution in [2.75, 3.05) is 6.61 Å². The van der Waals surface area contributed by atoms with E-state index in [2.05, 4.69) is 22.5 Å². The molecule has 18 heavy (non-hydrogen) atoms. The van der Waals surface area contributed by atoms with Gasteiger partial charge in [0.15, 0.2) is 0 Å². The monoisotopic (exact) mass is 266 g/mol. The van der Waals surface area contributed by atoms with Crippen LogP contribution >= 0.6 is 11.3 Å². The Kier molecular flexibility index (Phi) is 5.20. The summed E-state index contributed by atoms with van der Waals surface area (Å²) in [6.07, 6.45) is 0. The van der Waals surface area contributed by atoms with Gasteiger partial charge < -0.3 is 15.7 Å². The zero-order chi connectivity index (χ0) is 13.6.